The third-order valence-corrected chi connectivity index (χ3v) is 3.54. The highest BCUT2D eigenvalue weighted by molar-refractivity contribution is 7.15. The fourth-order valence-corrected chi connectivity index (χ4v) is 2.33. The number of benzene rings is 1. The van der Waals surface area contributed by atoms with Gasteiger partial charge in [0, 0.05) is 15.8 Å². The van der Waals surface area contributed by atoms with Gasteiger partial charge in [0.25, 0.3) is 0 Å². The van der Waals surface area contributed by atoms with Crippen LogP contribution in [0.15, 0.2) is 36.4 Å². The highest BCUT2D eigenvalue weighted by Gasteiger charge is 2.05. The van der Waals surface area contributed by atoms with Crippen LogP contribution >= 0.6 is 11.3 Å². The Labute approximate surface area is 92.4 Å². The van der Waals surface area contributed by atoms with E-state index in [9.17, 15) is 4.39 Å². The summed E-state index contributed by atoms with van der Waals surface area (Å²) >= 11 is 1.65. The first kappa shape index (κ1) is 10.3. The summed E-state index contributed by atoms with van der Waals surface area (Å²) in [5, 5.41) is 0. The van der Waals surface area contributed by atoms with Gasteiger partial charge < -0.3 is 5.73 Å². The summed E-state index contributed by atoms with van der Waals surface area (Å²) in [7, 11) is 0. The van der Waals surface area contributed by atoms with E-state index in [4.69, 9.17) is 5.73 Å². The smallest absolute Gasteiger partial charge is 0.123 e. The molecule has 2 aromatic rings. The van der Waals surface area contributed by atoms with Crippen LogP contribution in [-0.4, -0.2) is 0 Å². The zero-order valence-electron chi connectivity index (χ0n) is 8.41. The lowest BCUT2D eigenvalue weighted by Gasteiger charge is -1.99. The predicted octanol–water partition coefficient (Wildman–Crippen LogP) is 3.57. The standard InChI is InChI=1S/C12H12FNS/c1-8(14)11-6-7-12(15-11)9-2-4-10(13)5-3-9/h2-8H,14H2,1H3/t8-/m0/s1. The molecule has 78 valence electrons. The largest absolute Gasteiger partial charge is 0.324 e. The number of nitrogens with two attached hydrogens (primary N) is 1. The summed E-state index contributed by atoms with van der Waals surface area (Å²) in [6.07, 6.45) is 0. The van der Waals surface area contributed by atoms with Crippen molar-refractivity contribution >= 4 is 11.3 Å². The average molecular weight is 221 g/mol. The molecule has 0 radical (unpaired) electrons. The molecule has 2 rings (SSSR count). The molecule has 0 spiro atoms. The molecule has 0 fully saturated rings. The van der Waals surface area contributed by atoms with Crippen LogP contribution in [0.1, 0.15) is 17.8 Å². The van der Waals surface area contributed by atoms with Crippen LogP contribution in [0.5, 0.6) is 0 Å². The van der Waals surface area contributed by atoms with Crippen LogP contribution < -0.4 is 5.73 Å². The van der Waals surface area contributed by atoms with Crippen LogP contribution in [0.3, 0.4) is 0 Å². The molecule has 1 aromatic heterocycles. The van der Waals surface area contributed by atoms with Crippen molar-refractivity contribution in [3.63, 3.8) is 0 Å². The second-order valence-electron chi connectivity index (χ2n) is 3.50. The first-order valence-corrected chi connectivity index (χ1v) is 5.60. The molecule has 0 aliphatic heterocycles. The molecule has 0 unspecified atom stereocenters. The van der Waals surface area contributed by atoms with Gasteiger partial charge in [0.2, 0.25) is 0 Å². The van der Waals surface area contributed by atoms with Gasteiger partial charge in [-0.3, -0.25) is 0 Å². The Morgan fingerprint density at radius 1 is 1.13 bits per heavy atom. The van der Waals surface area contributed by atoms with Gasteiger partial charge in [0.1, 0.15) is 5.82 Å². The van der Waals surface area contributed by atoms with Crippen LogP contribution in [0.4, 0.5) is 4.39 Å². The van der Waals surface area contributed by atoms with Crippen LogP contribution in [0.25, 0.3) is 10.4 Å². The summed E-state index contributed by atoms with van der Waals surface area (Å²) in [4.78, 5) is 2.27. The number of hydrogen-bond acceptors (Lipinski definition) is 2. The summed E-state index contributed by atoms with van der Waals surface area (Å²) in [6.45, 7) is 1.96. The summed E-state index contributed by atoms with van der Waals surface area (Å²) in [5.41, 5.74) is 6.82. The monoisotopic (exact) mass is 221 g/mol. The maximum absolute atomic E-state index is 12.7. The molecule has 1 aromatic carbocycles. The maximum Gasteiger partial charge on any atom is 0.123 e. The Bertz CT molecular complexity index is 445. The molecule has 1 atom stereocenters. The predicted molar refractivity (Wildman–Crippen MR) is 62.3 cm³/mol. The number of hydrogen-bond donors (Lipinski definition) is 1. The van der Waals surface area contributed by atoms with E-state index in [1.165, 1.54) is 12.1 Å². The Hall–Kier alpha value is -1.19. The van der Waals surface area contributed by atoms with Crippen LogP contribution in [-0.2, 0) is 0 Å². The van der Waals surface area contributed by atoms with E-state index in [1.54, 1.807) is 23.5 Å². The summed E-state index contributed by atoms with van der Waals surface area (Å²) in [6, 6.07) is 10.6. The number of thiophene rings is 1. The first-order chi connectivity index (χ1) is 7.16. The van der Waals surface area contributed by atoms with Gasteiger partial charge in [-0.25, -0.2) is 4.39 Å². The maximum atomic E-state index is 12.7. The van der Waals surface area contributed by atoms with Gasteiger partial charge in [0.05, 0.1) is 0 Å². The van der Waals surface area contributed by atoms with E-state index >= 15 is 0 Å². The van der Waals surface area contributed by atoms with Gasteiger partial charge in [-0.1, -0.05) is 12.1 Å². The Balaban J connectivity index is 2.33. The lowest BCUT2D eigenvalue weighted by molar-refractivity contribution is 0.628. The lowest BCUT2D eigenvalue weighted by Crippen LogP contribution is -2.01. The first-order valence-electron chi connectivity index (χ1n) is 4.78. The molecule has 0 saturated carbocycles. The highest BCUT2D eigenvalue weighted by Crippen LogP contribution is 2.30. The van der Waals surface area contributed by atoms with Gasteiger partial charge in [0.15, 0.2) is 0 Å². The molecular formula is C12H12FNS. The minimum atomic E-state index is -0.206. The van der Waals surface area contributed by atoms with Crippen molar-refractivity contribution in [2.24, 2.45) is 5.73 Å². The average Bonchev–Trinajstić information content (AvgIpc) is 2.68. The van der Waals surface area contributed by atoms with Crippen molar-refractivity contribution in [3.8, 4) is 10.4 Å². The zero-order valence-corrected chi connectivity index (χ0v) is 9.22. The van der Waals surface area contributed by atoms with Gasteiger partial charge in [-0.15, -0.1) is 11.3 Å². The Kier molecular flexibility index (Phi) is 2.84. The second-order valence-corrected chi connectivity index (χ2v) is 4.61. The van der Waals surface area contributed by atoms with Gasteiger partial charge >= 0.3 is 0 Å². The van der Waals surface area contributed by atoms with Crippen LogP contribution in [0.2, 0.25) is 0 Å². The quantitative estimate of drug-likeness (QED) is 0.824. The zero-order chi connectivity index (χ0) is 10.8. The van der Waals surface area contributed by atoms with Crippen LogP contribution in [0, 0.1) is 5.82 Å². The van der Waals surface area contributed by atoms with Gasteiger partial charge in [-0.05, 0) is 36.8 Å². The molecule has 1 nitrogen and oxygen atoms in total. The van der Waals surface area contributed by atoms with E-state index in [-0.39, 0.29) is 11.9 Å². The molecule has 0 amide bonds. The van der Waals surface area contributed by atoms with Crippen molar-refractivity contribution < 1.29 is 4.39 Å². The highest BCUT2D eigenvalue weighted by atomic mass is 32.1. The molecular weight excluding hydrogens is 209 g/mol. The number of rotatable bonds is 2. The van der Waals surface area contributed by atoms with E-state index in [1.807, 2.05) is 19.1 Å². The molecule has 2 N–H and O–H groups in total. The molecule has 3 heteroatoms. The Morgan fingerprint density at radius 2 is 1.80 bits per heavy atom. The molecule has 0 saturated heterocycles. The normalized spacial score (nSPS) is 12.7. The molecule has 0 bridgehead atoms. The SMILES string of the molecule is C[C@H](N)c1ccc(-c2ccc(F)cc2)s1. The fraction of sp³-hybridized carbons (Fsp3) is 0.167. The van der Waals surface area contributed by atoms with Crippen molar-refractivity contribution in [1.82, 2.24) is 0 Å². The summed E-state index contributed by atoms with van der Waals surface area (Å²) in [5.74, 6) is -0.206. The molecule has 0 aliphatic carbocycles. The minimum Gasteiger partial charge on any atom is -0.324 e. The second kappa shape index (κ2) is 4.13. The fourth-order valence-electron chi connectivity index (χ4n) is 1.37. The lowest BCUT2D eigenvalue weighted by atomic mass is 10.2. The Morgan fingerprint density at radius 3 is 2.33 bits per heavy atom. The van der Waals surface area contributed by atoms with E-state index in [0.717, 1.165) is 15.3 Å². The molecule has 1 heterocycles. The van der Waals surface area contributed by atoms with E-state index in [0.29, 0.717) is 0 Å². The van der Waals surface area contributed by atoms with Crippen molar-refractivity contribution in [3.05, 3.63) is 47.1 Å². The molecule has 15 heavy (non-hydrogen) atoms. The van der Waals surface area contributed by atoms with Gasteiger partial charge in [-0.2, -0.15) is 0 Å². The third-order valence-electron chi connectivity index (χ3n) is 2.20. The third kappa shape index (κ3) is 2.25. The van der Waals surface area contributed by atoms with E-state index in [2.05, 4.69) is 0 Å². The van der Waals surface area contributed by atoms with Crippen molar-refractivity contribution in [2.45, 2.75) is 13.0 Å². The van der Waals surface area contributed by atoms with Crippen molar-refractivity contribution in [2.75, 3.05) is 0 Å². The summed E-state index contributed by atoms with van der Waals surface area (Å²) < 4.78 is 12.7. The molecule has 0 aliphatic rings. The van der Waals surface area contributed by atoms with Crippen molar-refractivity contribution in [1.29, 1.82) is 0 Å². The minimum absolute atomic E-state index is 0.0594. The van der Waals surface area contributed by atoms with E-state index < -0.39 is 0 Å². The number of halogens is 1. The topological polar surface area (TPSA) is 26.0 Å².